The lowest BCUT2D eigenvalue weighted by Crippen LogP contribution is -2.44. The molecule has 3 aromatic carbocycles. The van der Waals surface area contributed by atoms with Gasteiger partial charge in [-0.05, 0) is 54.7 Å². The molecule has 0 saturated heterocycles. The van der Waals surface area contributed by atoms with E-state index in [1.165, 1.54) is 23.9 Å². The van der Waals surface area contributed by atoms with Crippen molar-refractivity contribution >= 4 is 56.2 Å². The third kappa shape index (κ3) is 7.78. The van der Waals surface area contributed by atoms with Crippen LogP contribution in [0.4, 0.5) is 5.69 Å². The number of primary sulfonamides is 1. The zero-order chi connectivity index (χ0) is 31.1. The summed E-state index contributed by atoms with van der Waals surface area (Å²) in [5.74, 6) is -0.197. The fourth-order valence-electron chi connectivity index (χ4n) is 4.90. The summed E-state index contributed by atoms with van der Waals surface area (Å²) in [5, 5.41) is 11.4. The van der Waals surface area contributed by atoms with E-state index in [4.69, 9.17) is 10.1 Å². The number of carbonyl (C=O) groups excluding carboxylic acids is 3. The van der Waals surface area contributed by atoms with Gasteiger partial charge in [0.1, 0.15) is 11.9 Å². The van der Waals surface area contributed by atoms with Crippen LogP contribution in [-0.2, 0) is 37.2 Å². The van der Waals surface area contributed by atoms with Crippen LogP contribution in [0.2, 0.25) is 0 Å². The van der Waals surface area contributed by atoms with E-state index in [2.05, 4.69) is 15.6 Å². The summed E-state index contributed by atoms with van der Waals surface area (Å²) < 4.78 is 22.9. The van der Waals surface area contributed by atoms with Crippen LogP contribution in [0.3, 0.4) is 0 Å². The van der Waals surface area contributed by atoms with Crippen LogP contribution >= 0.6 is 11.8 Å². The first-order chi connectivity index (χ1) is 21.2. The molecule has 0 spiro atoms. The van der Waals surface area contributed by atoms with Gasteiger partial charge in [0.15, 0.2) is 5.17 Å². The van der Waals surface area contributed by atoms with Gasteiger partial charge >= 0.3 is 0 Å². The third-order valence-corrected chi connectivity index (χ3v) is 9.03. The van der Waals surface area contributed by atoms with Crippen molar-refractivity contribution in [3.8, 4) is 0 Å². The Hall–Kier alpha value is -4.33. The Labute approximate surface area is 260 Å². The quantitative estimate of drug-likeness (QED) is 0.276. The molecule has 0 fully saturated rings. The van der Waals surface area contributed by atoms with Crippen molar-refractivity contribution in [3.63, 3.8) is 0 Å². The fourth-order valence-corrected chi connectivity index (χ4v) is 6.29. The summed E-state index contributed by atoms with van der Waals surface area (Å²) >= 11 is 1.20. The van der Waals surface area contributed by atoms with Crippen LogP contribution in [0.25, 0.3) is 0 Å². The Balaban J connectivity index is 1.17. The largest absolute Gasteiger partial charge is 0.356 e. The molecule has 4 N–H and O–H groups in total. The number of sulfonamides is 1. The molecular formula is C31H32N6O5S2. The number of rotatable bonds is 12. The number of nitrogens with zero attached hydrogens (tertiary/aromatic N) is 3. The van der Waals surface area contributed by atoms with Crippen LogP contribution < -0.4 is 15.8 Å². The van der Waals surface area contributed by atoms with Gasteiger partial charge in [-0.2, -0.15) is 4.99 Å². The minimum atomic E-state index is -3.76. The number of benzene rings is 3. The molecule has 0 aliphatic carbocycles. The van der Waals surface area contributed by atoms with Crippen LogP contribution in [0.15, 0.2) is 93.7 Å². The number of hydrogen-bond donors (Lipinski definition) is 3. The average molecular weight is 633 g/mol. The van der Waals surface area contributed by atoms with Crippen LogP contribution in [0, 0.1) is 0 Å². The molecule has 1 atom stereocenters. The number of nitrogens with one attached hydrogen (secondary N) is 2. The van der Waals surface area contributed by atoms with Crippen molar-refractivity contribution in [2.45, 2.75) is 36.6 Å². The molecule has 1 unspecified atom stereocenters. The van der Waals surface area contributed by atoms with Gasteiger partial charge in [0.2, 0.25) is 21.8 Å². The van der Waals surface area contributed by atoms with Gasteiger partial charge in [-0.1, -0.05) is 66.4 Å². The minimum absolute atomic E-state index is 0.0295. The lowest BCUT2D eigenvalue weighted by Gasteiger charge is -2.31. The highest BCUT2D eigenvalue weighted by atomic mass is 32.2. The van der Waals surface area contributed by atoms with E-state index in [1.807, 2.05) is 54.6 Å². The minimum Gasteiger partial charge on any atom is -0.356 e. The van der Waals surface area contributed by atoms with Gasteiger partial charge in [0.05, 0.1) is 16.3 Å². The van der Waals surface area contributed by atoms with Gasteiger partial charge in [0, 0.05) is 25.1 Å². The number of amides is 3. The topological polar surface area (TPSA) is 163 Å². The number of fused-ring (bicyclic) bond motifs is 3. The zero-order valence-electron chi connectivity index (χ0n) is 23.8. The van der Waals surface area contributed by atoms with Gasteiger partial charge < -0.3 is 10.6 Å². The SMILES string of the molecule is NS(=O)(=O)c1ccc(CCNC(=O)CSC2=Nc3ccccc3C3=NC(=O)C(CCC(=O)NCCc4ccccc4)N23)cc1. The zero-order valence-corrected chi connectivity index (χ0v) is 25.4. The lowest BCUT2D eigenvalue weighted by atomic mass is 10.1. The summed E-state index contributed by atoms with van der Waals surface area (Å²) in [6.07, 6.45) is 1.61. The van der Waals surface area contributed by atoms with Gasteiger partial charge in [-0.25, -0.2) is 18.5 Å². The van der Waals surface area contributed by atoms with Crippen molar-refractivity contribution in [2.24, 2.45) is 15.1 Å². The second-order valence-electron chi connectivity index (χ2n) is 10.3. The number of amidine groups is 2. The first kappa shape index (κ1) is 31.1. The summed E-state index contributed by atoms with van der Waals surface area (Å²) in [7, 11) is -3.76. The molecule has 228 valence electrons. The Kier molecular flexibility index (Phi) is 9.88. The predicted octanol–water partition coefficient (Wildman–Crippen LogP) is 2.52. The summed E-state index contributed by atoms with van der Waals surface area (Å²) in [5.41, 5.74) is 3.35. The molecule has 0 radical (unpaired) electrons. The molecule has 11 nitrogen and oxygen atoms in total. The Morgan fingerprint density at radius 1 is 0.841 bits per heavy atom. The maximum absolute atomic E-state index is 13.1. The van der Waals surface area contributed by atoms with E-state index in [-0.39, 0.29) is 41.2 Å². The van der Waals surface area contributed by atoms with E-state index >= 15 is 0 Å². The highest BCUT2D eigenvalue weighted by Gasteiger charge is 2.41. The highest BCUT2D eigenvalue weighted by molar-refractivity contribution is 8.14. The van der Waals surface area contributed by atoms with Crippen molar-refractivity contribution < 1.29 is 22.8 Å². The van der Waals surface area contributed by atoms with Gasteiger partial charge in [-0.3, -0.25) is 19.3 Å². The van der Waals surface area contributed by atoms with Crippen molar-refractivity contribution in [2.75, 3.05) is 18.8 Å². The number of para-hydroxylation sites is 1. The smallest absolute Gasteiger partial charge is 0.270 e. The van der Waals surface area contributed by atoms with E-state index in [0.717, 1.165) is 16.7 Å². The number of aliphatic imine (C=N–C) groups is 2. The third-order valence-electron chi connectivity index (χ3n) is 7.15. The molecule has 3 amide bonds. The molecule has 3 aromatic rings. The van der Waals surface area contributed by atoms with Crippen LogP contribution in [0.5, 0.6) is 0 Å². The molecule has 44 heavy (non-hydrogen) atoms. The van der Waals surface area contributed by atoms with Crippen LogP contribution in [-0.4, -0.2) is 66.9 Å². The van der Waals surface area contributed by atoms with Crippen molar-refractivity contribution in [1.82, 2.24) is 15.5 Å². The maximum Gasteiger partial charge on any atom is 0.270 e. The number of thioether (sulfide) groups is 1. The molecule has 5 rings (SSSR count). The van der Waals surface area contributed by atoms with E-state index in [1.54, 1.807) is 17.0 Å². The second-order valence-corrected chi connectivity index (χ2v) is 12.8. The molecule has 0 bridgehead atoms. The Morgan fingerprint density at radius 3 is 2.18 bits per heavy atom. The van der Waals surface area contributed by atoms with Gasteiger partial charge in [-0.15, -0.1) is 0 Å². The Bertz CT molecular complexity index is 1710. The Morgan fingerprint density at radius 2 is 1.48 bits per heavy atom. The van der Waals surface area contributed by atoms with E-state index < -0.39 is 16.1 Å². The van der Waals surface area contributed by atoms with Crippen molar-refractivity contribution in [1.29, 1.82) is 0 Å². The van der Waals surface area contributed by atoms with Crippen molar-refractivity contribution in [3.05, 3.63) is 95.6 Å². The first-order valence-corrected chi connectivity index (χ1v) is 16.6. The van der Waals surface area contributed by atoms with Gasteiger partial charge in [0.25, 0.3) is 5.91 Å². The summed E-state index contributed by atoms with van der Waals surface area (Å²) in [6, 6.07) is 22.7. The van der Waals surface area contributed by atoms with E-state index in [9.17, 15) is 22.8 Å². The maximum atomic E-state index is 13.1. The molecule has 2 aliphatic heterocycles. The second kappa shape index (κ2) is 14.0. The van der Waals surface area contributed by atoms with E-state index in [0.29, 0.717) is 42.6 Å². The normalized spacial score (nSPS) is 15.6. The fraction of sp³-hybridized carbons (Fsp3) is 0.258. The highest BCUT2D eigenvalue weighted by Crippen LogP contribution is 2.35. The molecule has 0 saturated carbocycles. The summed E-state index contributed by atoms with van der Waals surface area (Å²) in [6.45, 7) is 0.846. The average Bonchev–Trinajstić information content (AvgIpc) is 3.35. The number of hydrogen-bond acceptors (Lipinski definition) is 8. The lowest BCUT2D eigenvalue weighted by molar-refractivity contribution is -0.122. The molecule has 13 heteroatoms. The molecule has 2 heterocycles. The first-order valence-electron chi connectivity index (χ1n) is 14.1. The standard InChI is InChI=1S/C31H32N6O5S2/c32-44(41,42)23-12-10-22(11-13-23)17-19-34-28(39)20-43-31-35-25-9-5-4-8-24(25)29-36-30(40)26(37(29)31)14-15-27(38)33-18-16-21-6-2-1-3-7-21/h1-13,26H,14-20H2,(H,33,38)(H,34,39)(H2,32,41,42). The number of carbonyl (C=O) groups is 3. The molecular weight excluding hydrogens is 601 g/mol. The molecule has 2 aliphatic rings. The van der Waals surface area contributed by atoms with Crippen LogP contribution in [0.1, 0.15) is 29.5 Å². The summed E-state index contributed by atoms with van der Waals surface area (Å²) in [4.78, 5) is 49.2. The monoisotopic (exact) mass is 632 g/mol. The number of nitrogens with two attached hydrogens (primary N) is 1. The predicted molar refractivity (Wildman–Crippen MR) is 170 cm³/mol. The molecule has 0 aromatic heterocycles.